The predicted octanol–water partition coefficient (Wildman–Crippen LogP) is 3.71. The van der Waals surface area contributed by atoms with E-state index >= 15 is 0 Å². The molecule has 0 bridgehead atoms. The van der Waals surface area contributed by atoms with E-state index in [1.54, 1.807) is 0 Å². The van der Waals surface area contributed by atoms with Crippen LogP contribution in [-0.2, 0) is 22.9 Å². The molecule has 0 radical (unpaired) electrons. The Kier molecular flexibility index (Phi) is 8.36. The fraction of sp³-hybridized carbons (Fsp3) is 0.538. The second kappa shape index (κ2) is 9.33. The third kappa shape index (κ3) is 5.56. The van der Waals surface area contributed by atoms with Gasteiger partial charge in [-0.05, 0) is 25.9 Å². The number of benzene rings is 1. The number of hydrogen-bond donors (Lipinski definition) is 0. The monoisotopic (exact) mass is 331 g/mol. The molecule has 0 N–H and O–H groups in total. The van der Waals surface area contributed by atoms with Crippen molar-refractivity contribution in [2.75, 3.05) is 13.1 Å². The normalized spacial score (nSPS) is 17.2. The molecule has 2 rings (SSSR count). The van der Waals surface area contributed by atoms with Gasteiger partial charge in [0.1, 0.15) is 0 Å². The smallest absolute Gasteiger partial charge is 0.00112 e. The van der Waals surface area contributed by atoms with E-state index < -0.39 is 0 Å². The number of nitrogens with zero attached hydrogens (tertiary/aromatic N) is 1. The molecule has 0 saturated carbocycles. The van der Waals surface area contributed by atoms with Crippen LogP contribution in [0.2, 0.25) is 0 Å². The van der Waals surface area contributed by atoms with Gasteiger partial charge in [-0.25, -0.2) is 0 Å². The zero-order valence-electron chi connectivity index (χ0n) is 9.79. The minimum atomic E-state index is 1.12. The van der Waals surface area contributed by atoms with Crippen LogP contribution in [0.25, 0.3) is 0 Å². The molecule has 1 aromatic rings. The van der Waals surface area contributed by atoms with Crippen LogP contribution >= 0.6 is 13.6 Å². The van der Waals surface area contributed by atoms with Crippen LogP contribution in [0, 0.1) is 6.07 Å². The first kappa shape index (κ1) is 14.3. The van der Waals surface area contributed by atoms with Crippen LogP contribution in [0.1, 0.15) is 31.2 Å². The maximum atomic E-state index is 3.06. The van der Waals surface area contributed by atoms with Gasteiger partial charge >= 0.3 is 30.0 Å². The van der Waals surface area contributed by atoms with Crippen molar-refractivity contribution in [1.29, 1.82) is 0 Å². The molecule has 1 heterocycles. The Balaban J connectivity index is 0.000000606. The van der Waals surface area contributed by atoms with E-state index in [0.717, 1.165) is 6.54 Å². The van der Waals surface area contributed by atoms with Gasteiger partial charge in [0.15, 0.2) is 0 Å². The fourth-order valence-electron chi connectivity index (χ4n) is 2.08. The molecule has 1 aromatic carbocycles. The number of likely N-dealkylation sites (tertiary alicyclic amines) is 1. The Morgan fingerprint density at radius 2 is 1.62 bits per heavy atom. The van der Waals surface area contributed by atoms with Crippen LogP contribution in [0.3, 0.4) is 0 Å². The van der Waals surface area contributed by atoms with E-state index in [9.17, 15) is 0 Å². The first-order valence-corrected chi connectivity index (χ1v) is 12.8. The maximum absolute atomic E-state index is 3.06. The second-order valence-electron chi connectivity index (χ2n) is 4.10. The third-order valence-corrected chi connectivity index (χ3v) is 2.89. The van der Waals surface area contributed by atoms with Gasteiger partial charge in [0, 0.05) is 6.54 Å². The molecule has 0 aliphatic carbocycles. The molecule has 1 nitrogen and oxygen atoms in total. The van der Waals surface area contributed by atoms with Crippen LogP contribution < -0.4 is 0 Å². The van der Waals surface area contributed by atoms with Crippen molar-refractivity contribution in [3.05, 3.63) is 35.9 Å². The van der Waals surface area contributed by atoms with E-state index in [1.807, 2.05) is 12.1 Å². The van der Waals surface area contributed by atoms with Crippen LogP contribution in [0.5, 0.6) is 0 Å². The fourth-order valence-corrected chi connectivity index (χ4v) is 2.08. The Morgan fingerprint density at radius 3 is 2.19 bits per heavy atom. The summed E-state index contributed by atoms with van der Waals surface area (Å²) in [5.41, 5.74) is 1.42. The largest absolute Gasteiger partial charge is 0.301 e. The van der Waals surface area contributed by atoms with Crippen molar-refractivity contribution < 1.29 is 16.3 Å². The van der Waals surface area contributed by atoms with Crippen molar-refractivity contribution in [1.82, 2.24) is 4.90 Å². The molecule has 16 heavy (non-hydrogen) atoms. The Hall–Kier alpha value is 0.283. The van der Waals surface area contributed by atoms with Crippen molar-refractivity contribution in [3.63, 3.8) is 0 Å². The number of hydrogen-bond acceptors (Lipinski definition) is 1. The van der Waals surface area contributed by atoms with Crippen LogP contribution in [-0.4, -0.2) is 18.0 Å². The first-order chi connectivity index (χ1) is 7.95. The van der Waals surface area contributed by atoms with Crippen LogP contribution in [0.15, 0.2) is 24.3 Å². The predicted molar refractivity (Wildman–Crippen MR) is 68.0 cm³/mol. The molecule has 0 unspecified atom stereocenters. The summed E-state index contributed by atoms with van der Waals surface area (Å²) in [6.45, 7) is 3.67. The molecule has 1 aliphatic heterocycles. The summed E-state index contributed by atoms with van der Waals surface area (Å²) >= 11 is 4.25. The molecular weight excluding hydrogens is 315 g/mol. The van der Waals surface area contributed by atoms with E-state index in [0.29, 0.717) is 0 Å². The second-order valence-corrected chi connectivity index (χ2v) is 4.10. The van der Waals surface area contributed by atoms with Crippen molar-refractivity contribution >= 4 is 13.6 Å². The average Bonchev–Trinajstić information content (AvgIpc) is 2.62. The molecule has 0 amide bonds. The number of rotatable bonds is 2. The van der Waals surface area contributed by atoms with E-state index in [-0.39, 0.29) is 0 Å². The van der Waals surface area contributed by atoms with Crippen molar-refractivity contribution in [3.8, 4) is 0 Å². The van der Waals surface area contributed by atoms with E-state index in [1.165, 1.54) is 60.7 Å². The van der Waals surface area contributed by atoms with E-state index in [4.69, 9.17) is 0 Å². The molecule has 1 saturated heterocycles. The van der Waals surface area contributed by atoms with Gasteiger partial charge < -0.3 is 4.90 Å². The molecule has 3 heteroatoms. The van der Waals surface area contributed by atoms with E-state index in [2.05, 4.69) is 36.7 Å². The zero-order valence-corrected chi connectivity index (χ0v) is 14.3. The molecule has 0 atom stereocenters. The Morgan fingerprint density at radius 1 is 1.06 bits per heavy atom. The molecule has 1 fully saturated rings. The molecular formula is C13H18BrNZn. The summed E-state index contributed by atoms with van der Waals surface area (Å²) < 4.78 is 0. The maximum Gasteiger partial charge on any atom is 0.00112 e. The standard InChI is InChI=1S/C13H18N.BrH.Zn/c1-2-7-11-14(10-6-1)12-13-8-4-3-5-9-13;;/h4-5,8-9H,1-2,6-7,10-12H2;1H;/q-1;;+2/p-1. The van der Waals surface area contributed by atoms with Gasteiger partial charge in [0.2, 0.25) is 0 Å². The Labute approximate surface area is 116 Å². The summed E-state index contributed by atoms with van der Waals surface area (Å²) in [4.78, 5) is 2.57. The summed E-state index contributed by atoms with van der Waals surface area (Å²) in [7, 11) is 0. The number of halogens is 1. The first-order valence-electron chi connectivity index (χ1n) is 5.89. The van der Waals surface area contributed by atoms with Crippen molar-refractivity contribution in [2.24, 2.45) is 0 Å². The summed E-state index contributed by atoms with van der Waals surface area (Å²) in [5.74, 6) is 0. The SMILES string of the molecule is [Zn+][Br].[c-]1ccc(CN2CCCCCC2)cc1. The average molecular weight is 334 g/mol. The zero-order chi connectivity index (χ0) is 11.6. The molecule has 1 aliphatic rings. The topological polar surface area (TPSA) is 3.24 Å². The minimum Gasteiger partial charge on any atom is -0.301 e. The summed E-state index contributed by atoms with van der Waals surface area (Å²) in [6.07, 6.45) is 5.58. The van der Waals surface area contributed by atoms with Crippen LogP contribution in [0.4, 0.5) is 0 Å². The van der Waals surface area contributed by atoms with Gasteiger partial charge in [-0.15, -0.1) is 5.56 Å². The van der Waals surface area contributed by atoms with Gasteiger partial charge in [0.05, 0.1) is 0 Å². The van der Waals surface area contributed by atoms with Gasteiger partial charge in [0.25, 0.3) is 0 Å². The molecule has 0 spiro atoms. The minimum absolute atomic E-state index is 1.12. The molecule has 84 valence electrons. The van der Waals surface area contributed by atoms with Crippen molar-refractivity contribution in [2.45, 2.75) is 32.2 Å². The van der Waals surface area contributed by atoms with Gasteiger partial charge in [-0.3, -0.25) is 0 Å². The van der Waals surface area contributed by atoms with Gasteiger partial charge in [-0.2, -0.15) is 30.3 Å². The van der Waals surface area contributed by atoms with Gasteiger partial charge in [-0.1, -0.05) is 12.8 Å². The summed E-state index contributed by atoms with van der Waals surface area (Å²) in [5, 5.41) is 0. The summed E-state index contributed by atoms with van der Waals surface area (Å²) in [6, 6.07) is 11.4. The molecule has 0 aromatic heterocycles. The third-order valence-electron chi connectivity index (χ3n) is 2.89. The quantitative estimate of drug-likeness (QED) is 0.589. The Bertz CT molecular complexity index is 258.